The first-order valence-electron chi connectivity index (χ1n) is 8.03. The number of hydrogen-bond donors (Lipinski definition) is 0. The van der Waals surface area contributed by atoms with E-state index >= 15 is 0 Å². The van der Waals surface area contributed by atoms with E-state index in [4.69, 9.17) is 4.74 Å². The number of carbonyl (C=O) groups excluding carboxylic acids is 1. The number of hydrogen-bond acceptors (Lipinski definition) is 2. The molecule has 2 atom stereocenters. The normalized spacial score (nSPS) is 14.3. The topological polar surface area (TPSA) is 26.3 Å². The molecule has 0 N–H and O–H groups in total. The molecule has 1 aromatic carbocycles. The van der Waals surface area contributed by atoms with Crippen molar-refractivity contribution in [2.75, 3.05) is 6.61 Å². The maximum absolute atomic E-state index is 12.5. The summed E-state index contributed by atoms with van der Waals surface area (Å²) in [6.45, 7) is 5.74. The molecule has 0 aliphatic rings. The molecule has 1 aromatic rings. The fourth-order valence-corrected chi connectivity index (χ4v) is 2.47. The molecule has 0 radical (unpaired) electrons. The molecule has 0 saturated carbocycles. The Balaban J connectivity index is 2.83. The number of carbonyl (C=O) groups is 1. The summed E-state index contributed by atoms with van der Waals surface area (Å²) in [5.74, 6) is -1.72. The van der Waals surface area contributed by atoms with Crippen molar-refractivity contribution in [2.45, 2.75) is 58.5 Å². The Hall–Kier alpha value is -1.52. The Morgan fingerprint density at radius 3 is 2.35 bits per heavy atom. The number of aryl methyl sites for hydroxylation is 1. The second-order valence-corrected chi connectivity index (χ2v) is 6.14. The van der Waals surface area contributed by atoms with E-state index in [1.165, 1.54) is 6.92 Å². The van der Waals surface area contributed by atoms with Gasteiger partial charge in [-0.25, -0.2) is 0 Å². The first kappa shape index (κ1) is 19.5. The minimum Gasteiger partial charge on any atom is -0.465 e. The zero-order chi connectivity index (χ0) is 17.5. The van der Waals surface area contributed by atoms with Gasteiger partial charge in [0.05, 0.1) is 12.5 Å². The lowest BCUT2D eigenvalue weighted by atomic mass is 9.87. The van der Waals surface area contributed by atoms with Crippen LogP contribution in [0.2, 0.25) is 0 Å². The van der Waals surface area contributed by atoms with E-state index in [1.807, 2.05) is 26.0 Å². The Morgan fingerprint density at radius 1 is 1.22 bits per heavy atom. The monoisotopic (exact) mass is 330 g/mol. The summed E-state index contributed by atoms with van der Waals surface area (Å²) in [4.78, 5) is 12.3. The summed E-state index contributed by atoms with van der Waals surface area (Å²) >= 11 is 0. The Labute approximate surface area is 136 Å². The second-order valence-electron chi connectivity index (χ2n) is 6.14. The maximum Gasteiger partial charge on any atom is 0.389 e. The molecule has 2 unspecified atom stereocenters. The minimum atomic E-state index is -4.22. The van der Waals surface area contributed by atoms with Crippen LogP contribution in [0.15, 0.2) is 24.3 Å². The van der Waals surface area contributed by atoms with Crippen molar-refractivity contribution >= 4 is 5.97 Å². The number of alkyl halides is 3. The summed E-state index contributed by atoms with van der Waals surface area (Å²) in [6, 6.07) is 7.30. The van der Waals surface area contributed by atoms with Crippen LogP contribution in [0, 0.1) is 12.8 Å². The van der Waals surface area contributed by atoms with Gasteiger partial charge in [0.1, 0.15) is 0 Å². The maximum atomic E-state index is 12.5. The largest absolute Gasteiger partial charge is 0.465 e. The standard InChI is InChI=1S/C18H25F3O2/c1-4-5-10-23-17(22)16(11-14(3)12-18(19,20)21)15-8-6-13(2)7-9-15/h6-9,14,16H,4-5,10-12H2,1-3H3. The fourth-order valence-electron chi connectivity index (χ4n) is 2.47. The molecule has 0 bridgehead atoms. The van der Waals surface area contributed by atoms with Crippen LogP contribution in [-0.2, 0) is 9.53 Å². The third-order valence-electron chi connectivity index (χ3n) is 3.72. The highest BCUT2D eigenvalue weighted by molar-refractivity contribution is 5.78. The molecule has 0 saturated heterocycles. The molecule has 0 aliphatic carbocycles. The van der Waals surface area contributed by atoms with E-state index in [2.05, 4.69) is 0 Å². The predicted molar refractivity (Wildman–Crippen MR) is 84.2 cm³/mol. The molecular formula is C18H25F3O2. The van der Waals surface area contributed by atoms with E-state index in [9.17, 15) is 18.0 Å². The number of benzene rings is 1. The van der Waals surface area contributed by atoms with Crippen LogP contribution < -0.4 is 0 Å². The molecule has 0 aromatic heterocycles. The number of unbranched alkanes of at least 4 members (excludes halogenated alkanes) is 1. The van der Waals surface area contributed by atoms with E-state index in [0.29, 0.717) is 12.2 Å². The van der Waals surface area contributed by atoms with Crippen LogP contribution in [0.3, 0.4) is 0 Å². The SMILES string of the molecule is CCCCOC(=O)C(CC(C)CC(F)(F)F)c1ccc(C)cc1. The van der Waals surface area contributed by atoms with Gasteiger partial charge in [0.25, 0.3) is 0 Å². The average molecular weight is 330 g/mol. The van der Waals surface area contributed by atoms with Crippen LogP contribution in [0.25, 0.3) is 0 Å². The first-order chi connectivity index (χ1) is 10.7. The van der Waals surface area contributed by atoms with Crippen molar-refractivity contribution < 1.29 is 22.7 Å². The van der Waals surface area contributed by atoms with Crippen LogP contribution in [0.4, 0.5) is 13.2 Å². The van der Waals surface area contributed by atoms with E-state index in [1.54, 1.807) is 12.1 Å². The molecule has 5 heteroatoms. The van der Waals surface area contributed by atoms with Gasteiger partial charge in [-0.05, 0) is 31.2 Å². The number of esters is 1. The lowest BCUT2D eigenvalue weighted by molar-refractivity contribution is -0.151. The molecule has 1 rings (SSSR count). The molecule has 0 amide bonds. The van der Waals surface area contributed by atoms with Gasteiger partial charge in [0.15, 0.2) is 0 Å². The summed E-state index contributed by atoms with van der Waals surface area (Å²) in [7, 11) is 0. The van der Waals surface area contributed by atoms with Crippen molar-refractivity contribution in [3.8, 4) is 0 Å². The first-order valence-corrected chi connectivity index (χ1v) is 8.03. The highest BCUT2D eigenvalue weighted by Crippen LogP contribution is 2.32. The van der Waals surface area contributed by atoms with Gasteiger partial charge in [-0.3, -0.25) is 4.79 Å². The Kier molecular flexibility index (Phi) is 7.59. The number of ether oxygens (including phenoxy) is 1. The van der Waals surface area contributed by atoms with E-state index < -0.39 is 30.4 Å². The highest BCUT2D eigenvalue weighted by Gasteiger charge is 2.33. The molecule has 0 fully saturated rings. The van der Waals surface area contributed by atoms with Crippen LogP contribution >= 0.6 is 0 Å². The number of halogens is 3. The van der Waals surface area contributed by atoms with Gasteiger partial charge in [-0.1, -0.05) is 50.1 Å². The molecule has 23 heavy (non-hydrogen) atoms. The van der Waals surface area contributed by atoms with Gasteiger partial charge in [0.2, 0.25) is 0 Å². The smallest absolute Gasteiger partial charge is 0.389 e. The van der Waals surface area contributed by atoms with Crippen LogP contribution in [-0.4, -0.2) is 18.8 Å². The third kappa shape index (κ3) is 7.53. The zero-order valence-corrected chi connectivity index (χ0v) is 14.0. The van der Waals surface area contributed by atoms with Crippen LogP contribution in [0.5, 0.6) is 0 Å². The lowest BCUT2D eigenvalue weighted by Gasteiger charge is -2.21. The zero-order valence-electron chi connectivity index (χ0n) is 14.0. The molecule has 2 nitrogen and oxygen atoms in total. The summed E-state index contributed by atoms with van der Waals surface area (Å²) in [6.07, 6.45) is -3.33. The van der Waals surface area contributed by atoms with Gasteiger partial charge in [-0.2, -0.15) is 13.2 Å². The second kappa shape index (κ2) is 8.94. The van der Waals surface area contributed by atoms with Crippen molar-refractivity contribution in [3.63, 3.8) is 0 Å². The Bertz CT molecular complexity index is 480. The summed E-state index contributed by atoms with van der Waals surface area (Å²) in [5, 5.41) is 0. The van der Waals surface area contributed by atoms with Crippen molar-refractivity contribution in [1.29, 1.82) is 0 Å². The molecular weight excluding hydrogens is 305 g/mol. The number of rotatable bonds is 8. The van der Waals surface area contributed by atoms with E-state index in [0.717, 1.165) is 18.4 Å². The molecule has 0 spiro atoms. The molecule has 130 valence electrons. The van der Waals surface area contributed by atoms with Crippen molar-refractivity contribution in [1.82, 2.24) is 0 Å². The third-order valence-corrected chi connectivity index (χ3v) is 3.72. The van der Waals surface area contributed by atoms with Gasteiger partial charge in [0, 0.05) is 6.42 Å². The van der Waals surface area contributed by atoms with E-state index in [-0.39, 0.29) is 6.42 Å². The average Bonchev–Trinajstić information content (AvgIpc) is 2.44. The molecule has 0 aliphatic heterocycles. The van der Waals surface area contributed by atoms with Gasteiger partial charge >= 0.3 is 12.1 Å². The molecule has 0 heterocycles. The van der Waals surface area contributed by atoms with Crippen molar-refractivity contribution in [3.05, 3.63) is 35.4 Å². The highest BCUT2D eigenvalue weighted by atomic mass is 19.4. The summed E-state index contributed by atoms with van der Waals surface area (Å²) < 4.78 is 42.9. The summed E-state index contributed by atoms with van der Waals surface area (Å²) in [5.41, 5.74) is 1.75. The fraction of sp³-hybridized carbons (Fsp3) is 0.611. The van der Waals surface area contributed by atoms with Gasteiger partial charge in [-0.15, -0.1) is 0 Å². The predicted octanol–water partition coefficient (Wildman–Crippen LogP) is 5.40. The Morgan fingerprint density at radius 2 is 1.83 bits per heavy atom. The van der Waals surface area contributed by atoms with Crippen molar-refractivity contribution in [2.24, 2.45) is 5.92 Å². The van der Waals surface area contributed by atoms with Crippen LogP contribution in [0.1, 0.15) is 56.6 Å². The van der Waals surface area contributed by atoms with Gasteiger partial charge < -0.3 is 4.74 Å². The quantitative estimate of drug-likeness (QED) is 0.471. The minimum absolute atomic E-state index is 0.132. The lowest BCUT2D eigenvalue weighted by Crippen LogP contribution is -2.21.